The summed E-state index contributed by atoms with van der Waals surface area (Å²) in [5.41, 5.74) is -2.07. The summed E-state index contributed by atoms with van der Waals surface area (Å²) >= 11 is 0. The van der Waals surface area contributed by atoms with Gasteiger partial charge in [-0.3, -0.25) is 14.8 Å². The molecule has 0 bridgehead atoms. The fourth-order valence-electron chi connectivity index (χ4n) is 0.932. The van der Waals surface area contributed by atoms with Crippen molar-refractivity contribution in [2.45, 2.75) is 0 Å². The van der Waals surface area contributed by atoms with Gasteiger partial charge in [0.15, 0.2) is 17.3 Å². The van der Waals surface area contributed by atoms with Crippen LogP contribution in [0, 0.1) is 21.7 Å². The Morgan fingerprint density at radius 1 is 1.38 bits per heavy atom. The van der Waals surface area contributed by atoms with Crippen LogP contribution in [0.3, 0.4) is 0 Å². The molecule has 3 N–H and O–H groups in total. The fraction of sp³-hybridized carbons (Fsp3) is 0. The van der Waals surface area contributed by atoms with Crippen LogP contribution in [0.25, 0.3) is 0 Å². The van der Waals surface area contributed by atoms with Gasteiger partial charge in [0.25, 0.3) is 15.9 Å². The van der Waals surface area contributed by atoms with Crippen molar-refractivity contribution in [3.63, 3.8) is 0 Å². The molecule has 88 valence electrons. The number of nitrogens with zero attached hydrogens (tertiary/aromatic N) is 1. The van der Waals surface area contributed by atoms with E-state index in [0.717, 1.165) is 0 Å². The van der Waals surface area contributed by atoms with E-state index in [2.05, 4.69) is 5.14 Å². The topological polar surface area (TPSA) is 115 Å². The summed E-state index contributed by atoms with van der Waals surface area (Å²) in [4.78, 5) is 9.34. The van der Waals surface area contributed by atoms with E-state index in [1.54, 1.807) is 0 Å². The molecule has 16 heavy (non-hydrogen) atoms. The molecule has 0 aliphatic rings. The second kappa shape index (κ2) is 3.98. The van der Waals surface area contributed by atoms with Crippen LogP contribution < -0.4 is 9.86 Å². The number of anilines is 1. The Kier molecular flexibility index (Phi) is 3.05. The van der Waals surface area contributed by atoms with Crippen molar-refractivity contribution in [1.82, 2.24) is 0 Å². The number of rotatable bonds is 3. The van der Waals surface area contributed by atoms with Crippen LogP contribution in [-0.4, -0.2) is 13.3 Å². The Morgan fingerprint density at radius 3 is 2.38 bits per heavy atom. The summed E-state index contributed by atoms with van der Waals surface area (Å²) in [7, 11) is -4.43. The smallest absolute Gasteiger partial charge is 0.262 e. The Balaban J connectivity index is 3.44. The zero-order valence-corrected chi connectivity index (χ0v) is 8.29. The number of hydrogen-bond acceptors (Lipinski definition) is 4. The molecular formula is C6H5F2N3O4S. The van der Waals surface area contributed by atoms with Crippen LogP contribution in [0.15, 0.2) is 12.1 Å². The summed E-state index contributed by atoms with van der Waals surface area (Å²) in [5.74, 6) is -3.13. The summed E-state index contributed by atoms with van der Waals surface area (Å²) in [6, 6.07) is 1.12. The monoisotopic (exact) mass is 253 g/mol. The van der Waals surface area contributed by atoms with E-state index in [0.29, 0.717) is 12.1 Å². The first-order chi connectivity index (χ1) is 7.22. The van der Waals surface area contributed by atoms with Crippen LogP contribution >= 0.6 is 0 Å². The van der Waals surface area contributed by atoms with Gasteiger partial charge in [-0.1, -0.05) is 0 Å². The molecule has 0 saturated carbocycles. The molecule has 0 radical (unpaired) electrons. The number of nitrogens with two attached hydrogens (primary N) is 1. The van der Waals surface area contributed by atoms with Crippen molar-refractivity contribution in [1.29, 1.82) is 0 Å². The van der Waals surface area contributed by atoms with Gasteiger partial charge in [-0.2, -0.15) is 8.42 Å². The summed E-state index contributed by atoms with van der Waals surface area (Å²) in [6.45, 7) is 0. The van der Waals surface area contributed by atoms with Crippen LogP contribution in [0.2, 0.25) is 0 Å². The second-order valence-electron chi connectivity index (χ2n) is 2.66. The summed E-state index contributed by atoms with van der Waals surface area (Å²) in [6.07, 6.45) is 0. The lowest BCUT2D eigenvalue weighted by Gasteiger charge is -2.05. The number of hydrogen-bond donors (Lipinski definition) is 2. The van der Waals surface area contributed by atoms with Gasteiger partial charge in [0.2, 0.25) is 0 Å². The standard InChI is InChI=1S/C6H5F2N3O4S/c7-3-1-2-4(11(12)13)6(5(3)8)10-16(9,14)15/h1-2,10H,(H2,9,14,15). The zero-order valence-electron chi connectivity index (χ0n) is 7.48. The van der Waals surface area contributed by atoms with Crippen molar-refractivity contribution in [3.05, 3.63) is 33.9 Å². The lowest BCUT2D eigenvalue weighted by atomic mass is 10.2. The minimum Gasteiger partial charge on any atom is -0.262 e. The first-order valence-corrected chi connectivity index (χ1v) is 5.20. The SMILES string of the molecule is NS(=O)(=O)Nc1c([N+](=O)[O-])ccc(F)c1F. The van der Waals surface area contributed by atoms with Gasteiger partial charge in [-0.05, 0) is 6.07 Å². The van der Waals surface area contributed by atoms with Gasteiger partial charge in [0.05, 0.1) is 4.92 Å². The van der Waals surface area contributed by atoms with Crippen molar-refractivity contribution in [2.75, 3.05) is 4.72 Å². The molecule has 0 spiro atoms. The summed E-state index contributed by atoms with van der Waals surface area (Å²) < 4.78 is 48.3. The fourth-order valence-corrected chi connectivity index (χ4v) is 1.41. The number of nitro groups is 1. The van der Waals surface area contributed by atoms with Crippen LogP contribution in [0.4, 0.5) is 20.2 Å². The van der Waals surface area contributed by atoms with E-state index in [9.17, 15) is 27.3 Å². The van der Waals surface area contributed by atoms with E-state index < -0.39 is 38.1 Å². The number of benzene rings is 1. The average Bonchev–Trinajstić information content (AvgIpc) is 2.10. The Morgan fingerprint density at radius 2 is 1.94 bits per heavy atom. The molecule has 1 aromatic rings. The predicted molar refractivity (Wildman–Crippen MR) is 49.7 cm³/mol. The number of nitro benzene ring substituents is 1. The van der Waals surface area contributed by atoms with E-state index in [1.807, 2.05) is 0 Å². The maximum atomic E-state index is 13.1. The van der Waals surface area contributed by atoms with E-state index in [4.69, 9.17) is 0 Å². The second-order valence-corrected chi connectivity index (χ2v) is 3.95. The van der Waals surface area contributed by atoms with Gasteiger partial charge in [0.1, 0.15) is 0 Å². The Bertz CT molecular complexity index is 545. The van der Waals surface area contributed by atoms with Crippen molar-refractivity contribution in [2.24, 2.45) is 5.14 Å². The van der Waals surface area contributed by atoms with Crippen LogP contribution in [-0.2, 0) is 10.2 Å². The van der Waals surface area contributed by atoms with Crippen LogP contribution in [0.1, 0.15) is 0 Å². The molecule has 0 aromatic heterocycles. The maximum Gasteiger partial charge on any atom is 0.296 e. The highest BCUT2D eigenvalue weighted by molar-refractivity contribution is 7.90. The predicted octanol–water partition coefficient (Wildman–Crippen LogP) is 0.488. The summed E-state index contributed by atoms with van der Waals surface area (Å²) in [5, 5.41) is 14.9. The van der Waals surface area contributed by atoms with Gasteiger partial charge in [-0.15, -0.1) is 0 Å². The Hall–Kier alpha value is -1.81. The lowest BCUT2D eigenvalue weighted by Crippen LogP contribution is -2.23. The van der Waals surface area contributed by atoms with Gasteiger partial charge in [0, 0.05) is 6.07 Å². The molecule has 0 atom stereocenters. The highest BCUT2D eigenvalue weighted by Crippen LogP contribution is 2.29. The van der Waals surface area contributed by atoms with E-state index >= 15 is 0 Å². The minimum absolute atomic E-state index is 0.502. The first-order valence-electron chi connectivity index (χ1n) is 3.65. The highest BCUT2D eigenvalue weighted by Gasteiger charge is 2.24. The highest BCUT2D eigenvalue weighted by atomic mass is 32.2. The molecule has 0 saturated heterocycles. The molecule has 1 aromatic carbocycles. The maximum absolute atomic E-state index is 13.1. The quantitative estimate of drug-likeness (QED) is 0.602. The molecule has 0 aliphatic heterocycles. The number of nitrogens with one attached hydrogen (secondary N) is 1. The van der Waals surface area contributed by atoms with E-state index in [1.165, 1.54) is 4.72 Å². The third-order valence-corrected chi connectivity index (χ3v) is 2.00. The molecule has 10 heteroatoms. The molecule has 0 fully saturated rings. The van der Waals surface area contributed by atoms with Crippen molar-refractivity contribution < 1.29 is 22.1 Å². The third-order valence-electron chi connectivity index (χ3n) is 1.51. The van der Waals surface area contributed by atoms with Gasteiger partial charge in [-0.25, -0.2) is 13.9 Å². The molecule has 7 nitrogen and oxygen atoms in total. The molecular weight excluding hydrogens is 248 g/mol. The molecule has 0 unspecified atom stereocenters. The van der Waals surface area contributed by atoms with Crippen LogP contribution in [0.5, 0.6) is 0 Å². The van der Waals surface area contributed by atoms with Gasteiger partial charge >= 0.3 is 0 Å². The molecule has 1 rings (SSSR count). The van der Waals surface area contributed by atoms with Gasteiger partial charge < -0.3 is 0 Å². The number of halogens is 2. The molecule has 0 amide bonds. The van der Waals surface area contributed by atoms with Crippen molar-refractivity contribution in [3.8, 4) is 0 Å². The molecule has 0 heterocycles. The lowest BCUT2D eigenvalue weighted by molar-refractivity contribution is -0.384. The molecule has 0 aliphatic carbocycles. The minimum atomic E-state index is -4.43. The average molecular weight is 253 g/mol. The zero-order chi connectivity index (χ0) is 12.5. The third kappa shape index (κ3) is 2.61. The van der Waals surface area contributed by atoms with E-state index in [-0.39, 0.29) is 0 Å². The van der Waals surface area contributed by atoms with Crippen molar-refractivity contribution >= 4 is 21.6 Å². The first kappa shape index (κ1) is 12.3. The largest absolute Gasteiger partial charge is 0.296 e. The normalized spacial score (nSPS) is 11.2. The Labute approximate surface area is 88.2 Å².